The van der Waals surface area contributed by atoms with E-state index in [1.807, 2.05) is 11.8 Å². The fraction of sp³-hybridized carbons (Fsp3) is 0.846. The van der Waals surface area contributed by atoms with Gasteiger partial charge in [0.15, 0.2) is 0 Å². The second-order valence-electron chi connectivity index (χ2n) is 4.99. The lowest BCUT2D eigenvalue weighted by molar-refractivity contribution is -0.145. The molecule has 0 aliphatic carbocycles. The zero-order chi connectivity index (χ0) is 13.5. The molecular formula is C13H25ClN2O3. The maximum absolute atomic E-state index is 11.9. The number of carbonyl (C=O) groups is 2. The van der Waals surface area contributed by atoms with Crippen molar-refractivity contribution in [3.05, 3.63) is 0 Å². The monoisotopic (exact) mass is 292 g/mol. The first-order valence-electron chi connectivity index (χ1n) is 6.80. The number of nitrogens with one attached hydrogen (secondary N) is 1. The smallest absolute Gasteiger partial charge is 0.307 e. The lowest BCUT2D eigenvalue weighted by atomic mass is 9.97. The summed E-state index contributed by atoms with van der Waals surface area (Å²) < 4.78 is 0. The second kappa shape index (κ2) is 9.15. The summed E-state index contributed by atoms with van der Waals surface area (Å²) in [6.07, 6.45) is 3.61. The maximum Gasteiger partial charge on any atom is 0.307 e. The summed E-state index contributed by atoms with van der Waals surface area (Å²) in [4.78, 5) is 24.8. The van der Waals surface area contributed by atoms with Crippen LogP contribution in [-0.4, -0.2) is 47.6 Å². The second-order valence-corrected chi connectivity index (χ2v) is 4.99. The van der Waals surface area contributed by atoms with Crippen molar-refractivity contribution in [3.8, 4) is 0 Å². The molecular weight excluding hydrogens is 268 g/mol. The molecule has 1 amide bonds. The minimum absolute atomic E-state index is 0. The first kappa shape index (κ1) is 18.2. The van der Waals surface area contributed by atoms with E-state index >= 15 is 0 Å². The van der Waals surface area contributed by atoms with Gasteiger partial charge in [-0.05, 0) is 32.7 Å². The molecule has 0 saturated carbocycles. The molecule has 0 bridgehead atoms. The fourth-order valence-electron chi connectivity index (χ4n) is 2.26. The van der Waals surface area contributed by atoms with Crippen molar-refractivity contribution < 1.29 is 14.7 Å². The molecule has 1 fully saturated rings. The largest absolute Gasteiger partial charge is 0.481 e. The van der Waals surface area contributed by atoms with Crippen molar-refractivity contribution in [2.45, 2.75) is 45.6 Å². The van der Waals surface area contributed by atoms with Gasteiger partial charge in [0.1, 0.15) is 0 Å². The molecule has 2 unspecified atom stereocenters. The highest BCUT2D eigenvalue weighted by molar-refractivity contribution is 5.85. The number of amides is 1. The number of hydrogen-bond acceptors (Lipinski definition) is 3. The lowest BCUT2D eigenvalue weighted by Crippen LogP contribution is -2.50. The lowest BCUT2D eigenvalue weighted by Gasteiger charge is -2.34. The molecule has 6 heteroatoms. The van der Waals surface area contributed by atoms with Crippen LogP contribution >= 0.6 is 12.4 Å². The number of carboxylic acids is 1. The van der Waals surface area contributed by atoms with Crippen molar-refractivity contribution >= 4 is 24.3 Å². The van der Waals surface area contributed by atoms with E-state index in [9.17, 15) is 9.59 Å². The summed E-state index contributed by atoms with van der Waals surface area (Å²) in [6.45, 7) is 5.93. The molecule has 1 heterocycles. The zero-order valence-electron chi connectivity index (χ0n) is 11.7. The van der Waals surface area contributed by atoms with Crippen LogP contribution in [0.15, 0.2) is 0 Å². The third-order valence-electron chi connectivity index (χ3n) is 3.56. The topological polar surface area (TPSA) is 69.6 Å². The van der Waals surface area contributed by atoms with Crippen molar-refractivity contribution in [1.82, 2.24) is 10.2 Å². The average molecular weight is 293 g/mol. The van der Waals surface area contributed by atoms with E-state index in [-0.39, 0.29) is 30.3 Å². The summed E-state index contributed by atoms with van der Waals surface area (Å²) in [5.74, 6) is -1.07. The van der Waals surface area contributed by atoms with Crippen LogP contribution < -0.4 is 5.32 Å². The molecule has 19 heavy (non-hydrogen) atoms. The number of nitrogens with zero attached hydrogens (tertiary/aromatic N) is 1. The van der Waals surface area contributed by atoms with E-state index in [0.717, 1.165) is 32.2 Å². The minimum Gasteiger partial charge on any atom is -0.481 e. The van der Waals surface area contributed by atoms with Crippen LogP contribution in [0.4, 0.5) is 0 Å². The van der Waals surface area contributed by atoms with Gasteiger partial charge in [0.05, 0.1) is 12.0 Å². The Bertz CT molecular complexity index is 300. The van der Waals surface area contributed by atoms with E-state index in [4.69, 9.17) is 5.11 Å². The van der Waals surface area contributed by atoms with Crippen LogP contribution in [0.5, 0.6) is 0 Å². The Hall–Kier alpha value is -0.810. The predicted octanol–water partition coefficient (Wildman–Crippen LogP) is 1.51. The van der Waals surface area contributed by atoms with Gasteiger partial charge in [0.2, 0.25) is 5.91 Å². The highest BCUT2D eigenvalue weighted by atomic mass is 35.5. The summed E-state index contributed by atoms with van der Waals surface area (Å²) in [7, 11) is 0. The van der Waals surface area contributed by atoms with Gasteiger partial charge in [-0.25, -0.2) is 0 Å². The summed E-state index contributed by atoms with van der Waals surface area (Å²) in [5, 5.41) is 11.9. The van der Waals surface area contributed by atoms with Crippen molar-refractivity contribution in [3.63, 3.8) is 0 Å². The molecule has 2 atom stereocenters. The Morgan fingerprint density at radius 1 is 1.47 bits per heavy atom. The van der Waals surface area contributed by atoms with E-state index in [1.165, 1.54) is 0 Å². The first-order valence-corrected chi connectivity index (χ1v) is 6.80. The molecule has 0 aromatic rings. The maximum atomic E-state index is 11.9. The van der Waals surface area contributed by atoms with Gasteiger partial charge in [-0.3, -0.25) is 14.5 Å². The Morgan fingerprint density at radius 3 is 2.74 bits per heavy atom. The van der Waals surface area contributed by atoms with Crippen molar-refractivity contribution in [2.75, 3.05) is 19.6 Å². The number of halogens is 1. The van der Waals surface area contributed by atoms with E-state index < -0.39 is 5.97 Å². The normalized spacial score (nSPS) is 21.3. The standard InChI is InChI=1S/C13H24N2O3.ClH/c1-3-4-7-14-12(16)10(2)15-8-5-6-11(9-15)13(17)18;/h10-11H,3-9H2,1-2H3,(H,14,16)(H,17,18);1H. The van der Waals surface area contributed by atoms with E-state index in [0.29, 0.717) is 13.1 Å². The molecule has 1 aliphatic rings. The number of carboxylic acid groups (broad SMARTS) is 1. The highest BCUT2D eigenvalue weighted by Gasteiger charge is 2.30. The predicted molar refractivity (Wildman–Crippen MR) is 76.6 cm³/mol. The van der Waals surface area contributed by atoms with Crippen molar-refractivity contribution in [2.24, 2.45) is 5.92 Å². The molecule has 1 aliphatic heterocycles. The quantitative estimate of drug-likeness (QED) is 0.728. The molecule has 1 saturated heterocycles. The molecule has 0 radical (unpaired) electrons. The Kier molecular flexibility index (Phi) is 8.76. The SMILES string of the molecule is CCCCNC(=O)C(C)N1CCCC(C(=O)O)C1.Cl. The van der Waals surface area contributed by atoms with E-state index in [2.05, 4.69) is 12.2 Å². The highest BCUT2D eigenvalue weighted by Crippen LogP contribution is 2.18. The summed E-state index contributed by atoms with van der Waals surface area (Å²) in [5.41, 5.74) is 0. The third kappa shape index (κ3) is 5.78. The summed E-state index contributed by atoms with van der Waals surface area (Å²) >= 11 is 0. The van der Waals surface area contributed by atoms with Crippen LogP contribution in [0.1, 0.15) is 39.5 Å². The van der Waals surface area contributed by atoms with Crippen LogP contribution in [0.3, 0.4) is 0 Å². The number of piperidine rings is 1. The molecule has 112 valence electrons. The number of rotatable bonds is 6. The Balaban J connectivity index is 0.00000324. The Morgan fingerprint density at radius 2 is 2.16 bits per heavy atom. The fourth-order valence-corrected chi connectivity index (χ4v) is 2.26. The molecule has 5 nitrogen and oxygen atoms in total. The number of unbranched alkanes of at least 4 members (excludes halogenated alkanes) is 1. The van der Waals surface area contributed by atoms with Crippen LogP contribution in [0.2, 0.25) is 0 Å². The third-order valence-corrected chi connectivity index (χ3v) is 3.56. The van der Waals surface area contributed by atoms with Gasteiger partial charge >= 0.3 is 5.97 Å². The van der Waals surface area contributed by atoms with E-state index in [1.54, 1.807) is 0 Å². The molecule has 0 aromatic carbocycles. The average Bonchev–Trinajstić information content (AvgIpc) is 2.38. The molecule has 0 spiro atoms. The Labute approximate surface area is 121 Å². The first-order chi connectivity index (χ1) is 8.56. The summed E-state index contributed by atoms with van der Waals surface area (Å²) in [6, 6.07) is -0.232. The van der Waals surface area contributed by atoms with Gasteiger partial charge in [-0.15, -0.1) is 12.4 Å². The number of aliphatic carboxylic acids is 1. The van der Waals surface area contributed by atoms with Gasteiger partial charge in [0, 0.05) is 13.1 Å². The number of hydrogen-bond donors (Lipinski definition) is 2. The number of likely N-dealkylation sites (tertiary alicyclic amines) is 1. The zero-order valence-corrected chi connectivity index (χ0v) is 12.5. The molecule has 1 rings (SSSR count). The molecule has 2 N–H and O–H groups in total. The molecule has 0 aromatic heterocycles. The minimum atomic E-state index is -0.752. The van der Waals surface area contributed by atoms with Crippen LogP contribution in [0, 0.1) is 5.92 Å². The van der Waals surface area contributed by atoms with Crippen molar-refractivity contribution in [1.29, 1.82) is 0 Å². The van der Waals surface area contributed by atoms with Crippen LogP contribution in [0.25, 0.3) is 0 Å². The number of carbonyl (C=O) groups excluding carboxylic acids is 1. The van der Waals surface area contributed by atoms with Gasteiger partial charge in [-0.1, -0.05) is 13.3 Å². The van der Waals surface area contributed by atoms with Gasteiger partial charge in [-0.2, -0.15) is 0 Å². The van der Waals surface area contributed by atoms with Gasteiger partial charge in [0.25, 0.3) is 0 Å². The van der Waals surface area contributed by atoms with Gasteiger partial charge < -0.3 is 10.4 Å². The van der Waals surface area contributed by atoms with Crippen LogP contribution in [-0.2, 0) is 9.59 Å².